The summed E-state index contributed by atoms with van der Waals surface area (Å²) in [5.74, 6) is 0.0187. The molecule has 0 saturated carbocycles. The number of aryl methyl sites for hydroxylation is 1. The summed E-state index contributed by atoms with van der Waals surface area (Å²) < 4.78 is 1.19. The van der Waals surface area contributed by atoms with Gasteiger partial charge in [-0.25, -0.2) is 14.6 Å². The van der Waals surface area contributed by atoms with Crippen LogP contribution in [0.4, 0.5) is 5.82 Å². The van der Waals surface area contributed by atoms with Crippen LogP contribution < -0.4 is 10.9 Å². The van der Waals surface area contributed by atoms with Gasteiger partial charge in [0, 0.05) is 11.6 Å². The topological polar surface area (TPSA) is 89.8 Å². The molecule has 0 aliphatic rings. The lowest BCUT2D eigenvalue weighted by Gasteiger charge is -2.10. The van der Waals surface area contributed by atoms with Gasteiger partial charge in [0.15, 0.2) is 0 Å². The van der Waals surface area contributed by atoms with Crippen molar-refractivity contribution in [2.24, 2.45) is 0 Å². The van der Waals surface area contributed by atoms with Crippen LogP contribution in [0, 0.1) is 0 Å². The van der Waals surface area contributed by atoms with Gasteiger partial charge in [0.05, 0.1) is 11.1 Å². The number of benzene rings is 1. The van der Waals surface area contributed by atoms with Crippen molar-refractivity contribution in [1.29, 1.82) is 0 Å². The van der Waals surface area contributed by atoms with E-state index in [1.165, 1.54) is 17.2 Å². The number of aromatic nitrogens is 4. The van der Waals surface area contributed by atoms with Crippen LogP contribution >= 0.6 is 0 Å². The van der Waals surface area contributed by atoms with Gasteiger partial charge in [-0.3, -0.25) is 9.59 Å². The highest BCUT2D eigenvalue weighted by Crippen LogP contribution is 2.13. The number of nitrogens with one attached hydrogen (secondary N) is 1. The van der Waals surface area contributed by atoms with E-state index in [0.29, 0.717) is 17.6 Å². The van der Waals surface area contributed by atoms with Crippen molar-refractivity contribution in [2.45, 2.75) is 19.9 Å². The Morgan fingerprint density at radius 2 is 2.00 bits per heavy atom. The molecule has 0 spiro atoms. The Hall–Kier alpha value is -3.09. The molecule has 0 bridgehead atoms. The summed E-state index contributed by atoms with van der Waals surface area (Å²) in [7, 11) is 0. The van der Waals surface area contributed by atoms with Crippen molar-refractivity contribution in [1.82, 2.24) is 19.7 Å². The first-order valence-electron chi connectivity index (χ1n) is 7.23. The Labute approximate surface area is 132 Å². The zero-order valence-electron chi connectivity index (χ0n) is 12.6. The highest BCUT2D eigenvalue weighted by molar-refractivity contribution is 5.90. The Balaban J connectivity index is 1.92. The number of hydrogen-bond donors (Lipinski definition) is 1. The Bertz CT molecular complexity index is 905. The maximum Gasteiger partial charge on any atom is 0.275 e. The third kappa shape index (κ3) is 3.08. The van der Waals surface area contributed by atoms with Crippen LogP contribution in [0.5, 0.6) is 0 Å². The SMILES string of the molecule is CCc1nn(CC(=O)Nc2ccncn2)c(=O)c2ccccc12. The van der Waals surface area contributed by atoms with E-state index >= 15 is 0 Å². The molecule has 2 heterocycles. The van der Waals surface area contributed by atoms with Crippen LogP contribution in [0.15, 0.2) is 47.7 Å². The molecule has 0 fully saturated rings. The molecular formula is C16H15N5O2. The van der Waals surface area contributed by atoms with E-state index in [1.54, 1.807) is 18.2 Å². The van der Waals surface area contributed by atoms with E-state index in [-0.39, 0.29) is 18.0 Å². The molecule has 0 saturated heterocycles. The number of anilines is 1. The monoisotopic (exact) mass is 309 g/mol. The van der Waals surface area contributed by atoms with Gasteiger partial charge < -0.3 is 5.32 Å². The summed E-state index contributed by atoms with van der Waals surface area (Å²) in [5.41, 5.74) is 0.505. The highest BCUT2D eigenvalue weighted by atomic mass is 16.2. The van der Waals surface area contributed by atoms with Crippen LogP contribution in [0.2, 0.25) is 0 Å². The minimum Gasteiger partial charge on any atom is -0.309 e. The zero-order valence-corrected chi connectivity index (χ0v) is 12.6. The second kappa shape index (κ2) is 6.35. The minimum absolute atomic E-state index is 0.166. The van der Waals surface area contributed by atoms with Crippen molar-refractivity contribution in [2.75, 3.05) is 5.32 Å². The quantitative estimate of drug-likeness (QED) is 0.786. The normalized spacial score (nSPS) is 10.7. The predicted octanol–water partition coefficient (Wildman–Crippen LogP) is 1.39. The predicted molar refractivity (Wildman–Crippen MR) is 86.0 cm³/mol. The first kappa shape index (κ1) is 14.8. The second-order valence-corrected chi connectivity index (χ2v) is 4.95. The molecule has 0 aliphatic heterocycles. The molecule has 23 heavy (non-hydrogen) atoms. The van der Waals surface area contributed by atoms with E-state index < -0.39 is 0 Å². The Morgan fingerprint density at radius 3 is 2.70 bits per heavy atom. The number of amides is 1. The molecule has 2 aromatic heterocycles. The lowest BCUT2D eigenvalue weighted by atomic mass is 10.1. The van der Waals surface area contributed by atoms with E-state index in [2.05, 4.69) is 20.4 Å². The summed E-state index contributed by atoms with van der Waals surface area (Å²) in [4.78, 5) is 32.3. The van der Waals surface area contributed by atoms with Crippen LogP contribution in [0.1, 0.15) is 12.6 Å². The number of hydrogen-bond acceptors (Lipinski definition) is 5. The van der Waals surface area contributed by atoms with Gasteiger partial charge in [0.1, 0.15) is 18.7 Å². The van der Waals surface area contributed by atoms with Crippen molar-refractivity contribution in [3.63, 3.8) is 0 Å². The minimum atomic E-state index is -0.365. The van der Waals surface area contributed by atoms with Crippen LogP contribution in [0.3, 0.4) is 0 Å². The molecule has 0 aliphatic carbocycles. The number of carbonyl (C=O) groups is 1. The first-order chi connectivity index (χ1) is 11.2. The van der Waals surface area contributed by atoms with Gasteiger partial charge in [-0.2, -0.15) is 5.10 Å². The molecule has 1 N–H and O–H groups in total. The van der Waals surface area contributed by atoms with Crippen LogP contribution in [0.25, 0.3) is 10.8 Å². The zero-order chi connectivity index (χ0) is 16.2. The van der Waals surface area contributed by atoms with E-state index in [0.717, 1.165) is 11.1 Å². The average molecular weight is 309 g/mol. The fourth-order valence-corrected chi connectivity index (χ4v) is 2.36. The molecular weight excluding hydrogens is 294 g/mol. The van der Waals surface area contributed by atoms with Crippen molar-refractivity contribution in [3.8, 4) is 0 Å². The number of rotatable bonds is 4. The molecule has 3 aromatic rings. The molecule has 1 aromatic carbocycles. The number of carbonyl (C=O) groups excluding carboxylic acids is 1. The van der Waals surface area contributed by atoms with E-state index in [4.69, 9.17) is 0 Å². The van der Waals surface area contributed by atoms with Gasteiger partial charge in [0.2, 0.25) is 5.91 Å². The highest BCUT2D eigenvalue weighted by Gasteiger charge is 2.12. The summed E-state index contributed by atoms with van der Waals surface area (Å²) in [5, 5.41) is 8.31. The summed E-state index contributed by atoms with van der Waals surface area (Å²) >= 11 is 0. The number of nitrogens with zero attached hydrogens (tertiary/aromatic N) is 4. The third-order valence-electron chi connectivity index (χ3n) is 3.42. The Morgan fingerprint density at radius 1 is 1.22 bits per heavy atom. The van der Waals surface area contributed by atoms with Crippen molar-refractivity contribution >= 4 is 22.5 Å². The smallest absolute Gasteiger partial charge is 0.275 e. The molecule has 0 radical (unpaired) electrons. The van der Waals surface area contributed by atoms with Gasteiger partial charge in [0.25, 0.3) is 5.56 Å². The standard InChI is InChI=1S/C16H15N5O2/c1-2-13-11-5-3-4-6-12(11)16(23)21(20-13)9-15(22)19-14-7-8-17-10-18-14/h3-8,10H,2,9H2,1H3,(H,17,18,19,22). The van der Waals surface area contributed by atoms with E-state index in [1.807, 2.05) is 19.1 Å². The average Bonchev–Trinajstić information content (AvgIpc) is 2.58. The summed E-state index contributed by atoms with van der Waals surface area (Å²) in [6.07, 6.45) is 3.54. The Kier molecular flexibility index (Phi) is 4.09. The summed E-state index contributed by atoms with van der Waals surface area (Å²) in [6.45, 7) is 1.80. The lowest BCUT2D eigenvalue weighted by molar-refractivity contribution is -0.117. The molecule has 1 amide bonds. The molecule has 116 valence electrons. The van der Waals surface area contributed by atoms with Gasteiger partial charge in [-0.15, -0.1) is 0 Å². The van der Waals surface area contributed by atoms with E-state index in [9.17, 15) is 9.59 Å². The molecule has 7 nitrogen and oxygen atoms in total. The largest absolute Gasteiger partial charge is 0.309 e. The lowest BCUT2D eigenvalue weighted by Crippen LogP contribution is -2.30. The maximum atomic E-state index is 12.5. The molecule has 0 unspecified atom stereocenters. The van der Waals surface area contributed by atoms with Gasteiger partial charge in [-0.05, 0) is 18.6 Å². The van der Waals surface area contributed by atoms with Crippen LogP contribution in [-0.2, 0) is 17.8 Å². The molecule has 0 atom stereocenters. The number of fused-ring (bicyclic) bond motifs is 1. The van der Waals surface area contributed by atoms with Crippen molar-refractivity contribution in [3.05, 3.63) is 58.9 Å². The first-order valence-corrected chi connectivity index (χ1v) is 7.23. The molecule has 7 heteroatoms. The molecule has 3 rings (SSSR count). The van der Waals surface area contributed by atoms with Crippen molar-refractivity contribution < 1.29 is 4.79 Å². The van der Waals surface area contributed by atoms with Gasteiger partial charge in [-0.1, -0.05) is 25.1 Å². The maximum absolute atomic E-state index is 12.5. The van der Waals surface area contributed by atoms with Gasteiger partial charge >= 0.3 is 0 Å². The van der Waals surface area contributed by atoms with Crippen LogP contribution in [-0.4, -0.2) is 25.7 Å². The second-order valence-electron chi connectivity index (χ2n) is 4.95. The summed E-state index contributed by atoms with van der Waals surface area (Å²) in [6, 6.07) is 8.86. The third-order valence-corrected chi connectivity index (χ3v) is 3.42. The fourth-order valence-electron chi connectivity index (χ4n) is 2.36. The fraction of sp³-hybridized carbons (Fsp3) is 0.188.